The van der Waals surface area contributed by atoms with Crippen LogP contribution in [0.15, 0.2) is 39.7 Å². The second kappa shape index (κ2) is 4.59. The average Bonchev–Trinajstić information content (AvgIpc) is 2.43. The molecule has 0 spiro atoms. The van der Waals surface area contributed by atoms with Gasteiger partial charge < -0.3 is 29.9 Å². The quantitative estimate of drug-likeness (QED) is 0.343. The van der Waals surface area contributed by atoms with Crippen molar-refractivity contribution >= 4 is 11.0 Å². The number of phenolic OH excluding ortho intramolecular Hbond substituents is 5. The van der Waals surface area contributed by atoms with Crippen LogP contribution in [0.4, 0.5) is 0 Å². The van der Waals surface area contributed by atoms with E-state index in [-0.39, 0.29) is 27.8 Å². The van der Waals surface area contributed by atoms with Gasteiger partial charge in [-0.2, -0.15) is 0 Å². The highest BCUT2D eigenvalue weighted by atomic mass is 16.3. The normalized spacial score (nSPS) is 10.9. The van der Waals surface area contributed by atoms with Crippen molar-refractivity contribution in [2.75, 3.05) is 0 Å². The van der Waals surface area contributed by atoms with Gasteiger partial charge in [-0.05, 0) is 6.07 Å². The number of hydrogen-bond acceptors (Lipinski definition) is 7. The summed E-state index contributed by atoms with van der Waals surface area (Å²) in [4.78, 5) is 12.5. The predicted molar refractivity (Wildman–Crippen MR) is 76.2 cm³/mol. The summed E-state index contributed by atoms with van der Waals surface area (Å²) < 4.78 is 5.19. The SMILES string of the molecule is O=c1c(-c2cc(O)c(O)cc2O)coc2cc(O)cc(O)c12. The molecule has 112 valence electrons. The number of aromatic hydroxyl groups is 5. The van der Waals surface area contributed by atoms with Crippen molar-refractivity contribution in [1.82, 2.24) is 0 Å². The molecule has 1 heterocycles. The lowest BCUT2D eigenvalue weighted by Gasteiger charge is -2.08. The standard InChI is InChI=1S/C15H10O7/c16-6-1-12(20)14-13(2-6)22-5-8(15(14)21)7-3-10(18)11(19)4-9(7)17/h1-5,16-20H. The van der Waals surface area contributed by atoms with Crippen LogP contribution in [0.5, 0.6) is 28.7 Å². The molecule has 0 fully saturated rings. The third kappa shape index (κ3) is 1.96. The van der Waals surface area contributed by atoms with Gasteiger partial charge in [-0.15, -0.1) is 0 Å². The van der Waals surface area contributed by atoms with Crippen LogP contribution in [0.25, 0.3) is 22.1 Å². The van der Waals surface area contributed by atoms with E-state index in [0.717, 1.165) is 30.5 Å². The summed E-state index contributed by atoms with van der Waals surface area (Å²) in [7, 11) is 0. The molecular formula is C15H10O7. The smallest absolute Gasteiger partial charge is 0.204 e. The summed E-state index contributed by atoms with van der Waals surface area (Å²) in [5.74, 6) is -2.26. The van der Waals surface area contributed by atoms with Crippen molar-refractivity contribution in [2.24, 2.45) is 0 Å². The van der Waals surface area contributed by atoms with Crippen LogP contribution < -0.4 is 5.43 Å². The first-order chi connectivity index (χ1) is 10.4. The topological polar surface area (TPSA) is 131 Å². The fraction of sp³-hybridized carbons (Fsp3) is 0. The van der Waals surface area contributed by atoms with Crippen LogP contribution >= 0.6 is 0 Å². The largest absolute Gasteiger partial charge is 0.508 e. The highest BCUT2D eigenvalue weighted by Crippen LogP contribution is 2.38. The molecule has 7 heteroatoms. The molecule has 5 N–H and O–H groups in total. The van der Waals surface area contributed by atoms with Gasteiger partial charge in [0.25, 0.3) is 0 Å². The zero-order valence-electron chi connectivity index (χ0n) is 10.9. The first-order valence-corrected chi connectivity index (χ1v) is 6.11. The van der Waals surface area contributed by atoms with Crippen molar-refractivity contribution in [3.8, 4) is 39.9 Å². The third-order valence-corrected chi connectivity index (χ3v) is 3.22. The molecule has 3 aromatic rings. The van der Waals surface area contributed by atoms with Crippen LogP contribution in [-0.2, 0) is 0 Å². The Hall–Kier alpha value is -3.35. The Bertz CT molecular complexity index is 956. The predicted octanol–water partition coefficient (Wildman–Crippen LogP) is 1.99. The van der Waals surface area contributed by atoms with Gasteiger partial charge in [-0.3, -0.25) is 4.79 Å². The van der Waals surface area contributed by atoms with Gasteiger partial charge in [0.2, 0.25) is 5.43 Å². The summed E-state index contributed by atoms with van der Waals surface area (Å²) >= 11 is 0. The first kappa shape index (κ1) is 13.6. The van der Waals surface area contributed by atoms with Gasteiger partial charge in [0.05, 0.1) is 5.56 Å². The summed E-state index contributed by atoms with van der Waals surface area (Å²) in [6.07, 6.45) is 1.02. The van der Waals surface area contributed by atoms with Crippen molar-refractivity contribution in [1.29, 1.82) is 0 Å². The molecule has 0 aliphatic rings. The highest BCUT2D eigenvalue weighted by Gasteiger charge is 2.17. The lowest BCUT2D eigenvalue weighted by molar-refractivity contribution is 0.397. The van der Waals surface area contributed by atoms with E-state index >= 15 is 0 Å². The summed E-state index contributed by atoms with van der Waals surface area (Å²) in [5.41, 5.74) is -0.896. The minimum absolute atomic E-state index is 0.0336. The van der Waals surface area contributed by atoms with E-state index in [1.54, 1.807) is 0 Å². The minimum Gasteiger partial charge on any atom is -0.508 e. The molecule has 7 nitrogen and oxygen atoms in total. The maximum absolute atomic E-state index is 12.5. The monoisotopic (exact) mass is 302 g/mol. The molecule has 3 rings (SSSR count). The molecule has 0 saturated carbocycles. The molecule has 0 atom stereocenters. The van der Waals surface area contributed by atoms with Gasteiger partial charge in [0.15, 0.2) is 11.5 Å². The van der Waals surface area contributed by atoms with E-state index in [1.807, 2.05) is 0 Å². The van der Waals surface area contributed by atoms with E-state index in [4.69, 9.17) is 4.42 Å². The van der Waals surface area contributed by atoms with E-state index in [9.17, 15) is 30.3 Å². The Balaban J connectivity index is 2.36. The molecule has 0 aliphatic carbocycles. The van der Waals surface area contributed by atoms with Crippen LogP contribution in [0, 0.1) is 0 Å². The molecule has 0 saturated heterocycles. The minimum atomic E-state index is -0.667. The van der Waals surface area contributed by atoms with E-state index in [2.05, 4.69) is 0 Å². The van der Waals surface area contributed by atoms with Crippen LogP contribution in [0.2, 0.25) is 0 Å². The first-order valence-electron chi connectivity index (χ1n) is 6.11. The number of hydrogen-bond donors (Lipinski definition) is 5. The highest BCUT2D eigenvalue weighted by molar-refractivity contribution is 5.89. The van der Waals surface area contributed by atoms with Crippen LogP contribution in [0.3, 0.4) is 0 Å². The Morgan fingerprint density at radius 3 is 2.14 bits per heavy atom. The van der Waals surface area contributed by atoms with Crippen molar-refractivity contribution in [2.45, 2.75) is 0 Å². The van der Waals surface area contributed by atoms with Gasteiger partial charge >= 0.3 is 0 Å². The van der Waals surface area contributed by atoms with E-state index in [0.29, 0.717) is 0 Å². The second-order valence-corrected chi connectivity index (χ2v) is 4.67. The molecule has 0 unspecified atom stereocenters. The molecule has 0 radical (unpaired) electrons. The Kier molecular flexibility index (Phi) is 2.84. The number of phenols is 5. The maximum Gasteiger partial charge on any atom is 0.204 e. The summed E-state index contributed by atoms with van der Waals surface area (Å²) in [5, 5.41) is 47.6. The second-order valence-electron chi connectivity index (χ2n) is 4.67. The van der Waals surface area contributed by atoms with E-state index in [1.165, 1.54) is 0 Å². The number of rotatable bonds is 1. The Morgan fingerprint density at radius 2 is 1.41 bits per heavy atom. The molecule has 0 aliphatic heterocycles. The summed E-state index contributed by atoms with van der Waals surface area (Å²) in [6.45, 7) is 0. The molecule has 22 heavy (non-hydrogen) atoms. The van der Waals surface area contributed by atoms with Gasteiger partial charge in [-0.1, -0.05) is 0 Å². The van der Waals surface area contributed by atoms with Crippen molar-refractivity contribution in [3.63, 3.8) is 0 Å². The maximum atomic E-state index is 12.5. The average molecular weight is 302 g/mol. The molecule has 0 bridgehead atoms. The van der Waals surface area contributed by atoms with Crippen molar-refractivity contribution in [3.05, 3.63) is 40.8 Å². The zero-order valence-corrected chi connectivity index (χ0v) is 10.9. The van der Waals surface area contributed by atoms with Crippen LogP contribution in [-0.4, -0.2) is 25.5 Å². The number of fused-ring (bicyclic) bond motifs is 1. The number of benzene rings is 2. The van der Waals surface area contributed by atoms with Gasteiger partial charge in [0.1, 0.15) is 34.5 Å². The van der Waals surface area contributed by atoms with E-state index < -0.39 is 28.4 Å². The lowest BCUT2D eigenvalue weighted by Crippen LogP contribution is -2.05. The molecule has 2 aromatic carbocycles. The molecule has 0 amide bonds. The zero-order chi connectivity index (χ0) is 16.0. The third-order valence-electron chi connectivity index (χ3n) is 3.22. The Labute approximate surface area is 122 Å². The molecular weight excluding hydrogens is 292 g/mol. The van der Waals surface area contributed by atoms with Crippen molar-refractivity contribution < 1.29 is 29.9 Å². The fourth-order valence-electron chi connectivity index (χ4n) is 2.19. The Morgan fingerprint density at radius 1 is 0.727 bits per heavy atom. The fourth-order valence-corrected chi connectivity index (χ4v) is 2.19. The van der Waals surface area contributed by atoms with Crippen LogP contribution in [0.1, 0.15) is 0 Å². The summed E-state index contributed by atoms with van der Waals surface area (Å²) in [6, 6.07) is 4.02. The van der Waals surface area contributed by atoms with Gasteiger partial charge in [-0.25, -0.2) is 0 Å². The molecule has 1 aromatic heterocycles. The lowest BCUT2D eigenvalue weighted by atomic mass is 10.0. The van der Waals surface area contributed by atoms with Gasteiger partial charge in [0, 0.05) is 23.8 Å².